The Kier molecular flexibility index (Phi) is 26.7. The van der Waals surface area contributed by atoms with Gasteiger partial charge in [-0.1, -0.05) is 12.8 Å². The largest absolute Gasteiger partial charge is 0.480 e. The van der Waals surface area contributed by atoms with Gasteiger partial charge in [-0.3, -0.25) is 4.79 Å². The minimum atomic E-state index is -0.963. The highest BCUT2D eigenvalue weighted by atomic mass is 35.5. The van der Waals surface area contributed by atoms with Crippen molar-refractivity contribution in [3.63, 3.8) is 0 Å². The second kappa shape index (κ2) is 22.6. The fraction of sp³-hybridized carbons (Fsp3) is 0.750. The molecule has 0 aromatic heterocycles. The summed E-state index contributed by atoms with van der Waals surface area (Å²) in [7, 11) is 0. The molecule has 0 fully saturated rings. The fourth-order valence-electron chi connectivity index (χ4n) is 0.827. The quantitative estimate of drug-likeness (QED) is 0.304. The van der Waals surface area contributed by atoms with Gasteiger partial charge in [0.05, 0.1) is 13.1 Å². The molecule has 0 aromatic rings. The number of carboxylic acid groups (broad SMARTS) is 1. The molecule has 0 amide bonds. The van der Waals surface area contributed by atoms with Crippen LogP contribution in [0.15, 0.2) is 9.98 Å². The van der Waals surface area contributed by atoms with E-state index in [1.165, 1.54) is 25.5 Å². The number of aliphatic imine (C=N–C) groups is 2. The summed E-state index contributed by atoms with van der Waals surface area (Å²) in [6.45, 7) is 2.53. The van der Waals surface area contributed by atoms with Gasteiger partial charge in [0.1, 0.15) is 6.04 Å². The summed E-state index contributed by atoms with van der Waals surface area (Å²) in [6.07, 6.45) is 8.27. The van der Waals surface area contributed by atoms with Gasteiger partial charge in [-0.15, -0.1) is 11.6 Å². The molecule has 0 heterocycles. The van der Waals surface area contributed by atoms with Crippen molar-refractivity contribution in [2.24, 2.45) is 15.7 Å². The first-order chi connectivity index (χ1) is 9.56. The van der Waals surface area contributed by atoms with E-state index >= 15 is 0 Å². The molecular weight excluding hydrogens is 286 g/mol. The van der Waals surface area contributed by atoms with E-state index in [1.54, 1.807) is 0 Å². The molecule has 116 valence electrons. The van der Waals surface area contributed by atoms with Crippen molar-refractivity contribution < 1.29 is 19.5 Å². The zero-order valence-corrected chi connectivity index (χ0v) is 12.6. The van der Waals surface area contributed by atoms with Gasteiger partial charge in [0.2, 0.25) is 12.2 Å². The molecule has 0 rings (SSSR count). The summed E-state index contributed by atoms with van der Waals surface area (Å²) in [6, 6.07) is -0.731. The number of hydrogen-bond donors (Lipinski definition) is 2. The number of rotatable bonds is 8. The summed E-state index contributed by atoms with van der Waals surface area (Å²) in [5.74, 6) is -0.963. The van der Waals surface area contributed by atoms with Crippen LogP contribution in [0.5, 0.6) is 0 Å². The first-order valence-electron chi connectivity index (χ1n) is 5.99. The molecular formula is C12H22ClN3O4. The van der Waals surface area contributed by atoms with Crippen LogP contribution in [0.2, 0.25) is 0 Å². The van der Waals surface area contributed by atoms with Crippen LogP contribution in [-0.2, 0) is 14.4 Å². The molecule has 0 aliphatic heterocycles. The van der Waals surface area contributed by atoms with E-state index in [4.69, 9.17) is 10.8 Å². The maximum absolute atomic E-state index is 9.63. The van der Waals surface area contributed by atoms with Gasteiger partial charge in [0.25, 0.3) is 0 Å². The van der Waals surface area contributed by atoms with Gasteiger partial charge in [-0.2, -0.15) is 0 Å². The summed E-state index contributed by atoms with van der Waals surface area (Å²) in [4.78, 5) is 35.7. The number of halogens is 1. The van der Waals surface area contributed by atoms with Crippen molar-refractivity contribution in [2.75, 3.05) is 19.5 Å². The molecule has 3 N–H and O–H groups in total. The highest BCUT2D eigenvalue weighted by Gasteiger charge is 1.99. The summed E-state index contributed by atoms with van der Waals surface area (Å²) in [5.41, 5.74) is 4.84. The van der Waals surface area contributed by atoms with E-state index in [-0.39, 0.29) is 0 Å². The summed E-state index contributed by atoms with van der Waals surface area (Å²) < 4.78 is 0. The Morgan fingerprint density at radius 2 is 1.40 bits per heavy atom. The molecule has 0 saturated carbocycles. The SMILES string of the molecule is CCl.C[C@H](N)C(=O)O.O=C=NCCCCCCN=C=O. The molecule has 8 heteroatoms. The van der Waals surface area contributed by atoms with Crippen molar-refractivity contribution in [1.82, 2.24) is 0 Å². The molecule has 0 aliphatic rings. The van der Waals surface area contributed by atoms with Crippen LogP contribution in [0, 0.1) is 0 Å². The lowest BCUT2D eigenvalue weighted by Gasteiger charge is -1.93. The van der Waals surface area contributed by atoms with Crippen LogP contribution in [0.4, 0.5) is 0 Å². The second-order valence-electron chi connectivity index (χ2n) is 3.49. The molecule has 0 aromatic carbocycles. The Bertz CT molecular complexity index is 290. The summed E-state index contributed by atoms with van der Waals surface area (Å²) >= 11 is 4.64. The third-order valence-corrected chi connectivity index (χ3v) is 1.81. The number of hydrogen-bond acceptors (Lipinski definition) is 6. The number of nitrogens with two attached hydrogens (primary N) is 1. The predicted molar refractivity (Wildman–Crippen MR) is 77.5 cm³/mol. The minimum Gasteiger partial charge on any atom is -0.480 e. The molecule has 1 atom stereocenters. The molecule has 0 radical (unpaired) electrons. The average molecular weight is 308 g/mol. The maximum Gasteiger partial charge on any atom is 0.320 e. The smallest absolute Gasteiger partial charge is 0.320 e. The second-order valence-corrected chi connectivity index (χ2v) is 3.49. The molecule has 0 unspecified atom stereocenters. The van der Waals surface area contributed by atoms with E-state index in [2.05, 4.69) is 21.6 Å². The highest BCUT2D eigenvalue weighted by molar-refractivity contribution is 6.15. The lowest BCUT2D eigenvalue weighted by atomic mass is 10.2. The molecule has 0 aliphatic carbocycles. The maximum atomic E-state index is 9.63. The molecule has 7 nitrogen and oxygen atoms in total. The number of isocyanates is 2. The zero-order valence-electron chi connectivity index (χ0n) is 11.8. The van der Waals surface area contributed by atoms with Crippen LogP contribution >= 0.6 is 11.6 Å². The Hall–Kier alpha value is -1.52. The van der Waals surface area contributed by atoms with E-state index in [9.17, 15) is 14.4 Å². The third kappa shape index (κ3) is 30.0. The fourth-order valence-corrected chi connectivity index (χ4v) is 0.827. The van der Waals surface area contributed by atoms with Crippen LogP contribution in [0.25, 0.3) is 0 Å². The van der Waals surface area contributed by atoms with E-state index in [1.807, 2.05) is 0 Å². The van der Waals surface area contributed by atoms with Gasteiger partial charge >= 0.3 is 5.97 Å². The number of carboxylic acids is 1. The lowest BCUT2D eigenvalue weighted by molar-refractivity contribution is -0.138. The van der Waals surface area contributed by atoms with E-state index in [0.29, 0.717) is 13.1 Å². The van der Waals surface area contributed by atoms with Crippen LogP contribution in [0.3, 0.4) is 0 Å². The van der Waals surface area contributed by atoms with Crippen LogP contribution in [-0.4, -0.2) is 48.7 Å². The minimum absolute atomic E-state index is 0.556. The number of carbonyl (C=O) groups is 1. The first kappa shape index (κ1) is 23.6. The van der Waals surface area contributed by atoms with Crippen molar-refractivity contribution in [2.45, 2.75) is 38.6 Å². The predicted octanol–water partition coefficient (Wildman–Crippen LogP) is 1.49. The van der Waals surface area contributed by atoms with Gasteiger partial charge in [-0.25, -0.2) is 19.6 Å². The zero-order chi connectivity index (χ0) is 16.2. The standard InChI is InChI=1S/C8H12N2O2.C3H7NO2.CH3Cl/c11-7-9-5-3-1-2-4-6-10-8-12;1-2(4)3(5)6;1-2/h1-6H2;2H,4H2,1H3,(H,5,6);1H3/t;2-;/m.0./s1. The number of aliphatic carboxylic acids is 1. The number of nitrogens with zero attached hydrogens (tertiary/aromatic N) is 2. The lowest BCUT2D eigenvalue weighted by Crippen LogP contribution is -2.25. The van der Waals surface area contributed by atoms with Gasteiger partial charge in [0.15, 0.2) is 0 Å². The Labute approximate surface area is 123 Å². The topological polar surface area (TPSA) is 122 Å². The number of unbranched alkanes of at least 4 members (excludes halogenated alkanes) is 3. The van der Waals surface area contributed by atoms with E-state index < -0.39 is 12.0 Å². The van der Waals surface area contributed by atoms with Gasteiger partial charge in [0, 0.05) is 6.38 Å². The van der Waals surface area contributed by atoms with Crippen LogP contribution in [0.1, 0.15) is 32.6 Å². The van der Waals surface area contributed by atoms with Crippen LogP contribution < -0.4 is 5.73 Å². The van der Waals surface area contributed by atoms with Gasteiger partial charge < -0.3 is 10.8 Å². The molecule has 0 spiro atoms. The van der Waals surface area contributed by atoms with Crippen molar-refractivity contribution in [1.29, 1.82) is 0 Å². The number of carbonyl (C=O) groups excluding carboxylic acids is 2. The highest BCUT2D eigenvalue weighted by Crippen LogP contribution is 1.99. The third-order valence-electron chi connectivity index (χ3n) is 1.81. The monoisotopic (exact) mass is 307 g/mol. The molecule has 0 saturated heterocycles. The first-order valence-corrected chi connectivity index (χ1v) is 6.75. The Balaban J connectivity index is -0.000000304. The number of alkyl halides is 1. The summed E-state index contributed by atoms with van der Waals surface area (Å²) in [5, 5.41) is 7.87. The van der Waals surface area contributed by atoms with Gasteiger partial charge in [-0.05, 0) is 19.8 Å². The normalized spacial score (nSPS) is 9.40. The van der Waals surface area contributed by atoms with Crippen molar-refractivity contribution in [3.05, 3.63) is 0 Å². The van der Waals surface area contributed by atoms with E-state index in [0.717, 1.165) is 25.7 Å². The van der Waals surface area contributed by atoms with Crippen molar-refractivity contribution >= 4 is 29.7 Å². The molecule has 0 bridgehead atoms. The Morgan fingerprint density at radius 3 is 1.60 bits per heavy atom. The molecule has 20 heavy (non-hydrogen) atoms. The Morgan fingerprint density at radius 1 is 1.10 bits per heavy atom. The average Bonchev–Trinajstić information content (AvgIpc) is 2.44. The van der Waals surface area contributed by atoms with Crippen molar-refractivity contribution in [3.8, 4) is 0 Å².